The van der Waals surface area contributed by atoms with Gasteiger partial charge in [-0.3, -0.25) is 0 Å². The highest BCUT2D eigenvalue weighted by molar-refractivity contribution is 7.96. The summed E-state index contributed by atoms with van der Waals surface area (Å²) in [7, 11) is 0. The Morgan fingerprint density at radius 2 is 2.04 bits per heavy atom. The van der Waals surface area contributed by atoms with Crippen LogP contribution in [-0.2, 0) is 11.3 Å². The highest BCUT2D eigenvalue weighted by atomic mass is 32.2. The van der Waals surface area contributed by atoms with E-state index in [1.54, 1.807) is 6.07 Å². The van der Waals surface area contributed by atoms with Gasteiger partial charge in [0.25, 0.3) is 0 Å². The molecule has 0 fully saturated rings. The summed E-state index contributed by atoms with van der Waals surface area (Å²) in [6.45, 7) is 6.87. The second-order valence-electron chi connectivity index (χ2n) is 6.46. The molecule has 3 rings (SSSR count). The Bertz CT molecular complexity index is 999. The predicted octanol–water partition coefficient (Wildman–Crippen LogP) is 4.94. The van der Waals surface area contributed by atoms with Crippen molar-refractivity contribution < 1.29 is 14.2 Å². The number of halogens is 1. The van der Waals surface area contributed by atoms with E-state index < -0.39 is 6.10 Å². The van der Waals surface area contributed by atoms with Crippen LogP contribution in [0.2, 0.25) is 0 Å². The number of fused-ring (bicyclic) bond motifs is 3. The lowest BCUT2D eigenvalue weighted by atomic mass is 10.1. The summed E-state index contributed by atoms with van der Waals surface area (Å²) >= 11 is 1.54. The largest absolute Gasteiger partial charge is 0.469 e. The molecular formula is C22H25FN2O2S. The second kappa shape index (κ2) is 9.28. The molecular weight excluding hydrogens is 375 g/mol. The maximum absolute atomic E-state index is 14.5. The van der Waals surface area contributed by atoms with Crippen LogP contribution in [0, 0.1) is 5.82 Å². The topological polar surface area (TPSA) is 37.6 Å². The van der Waals surface area contributed by atoms with Crippen LogP contribution in [0.4, 0.5) is 4.39 Å². The van der Waals surface area contributed by atoms with E-state index in [2.05, 4.69) is 6.58 Å². The SMILES string of the molecule is C=CO/C(=C\C)CN(CC(O)Cn1c2ccccc2c2c(F)cccc21)SC. The number of nitrogens with zero attached hydrogens (tertiary/aromatic N) is 2. The highest BCUT2D eigenvalue weighted by Crippen LogP contribution is 2.31. The average molecular weight is 401 g/mol. The van der Waals surface area contributed by atoms with Gasteiger partial charge in [-0.15, -0.1) is 0 Å². The lowest BCUT2D eigenvalue weighted by Gasteiger charge is -2.24. The average Bonchev–Trinajstić information content (AvgIpc) is 3.02. The zero-order chi connectivity index (χ0) is 20.1. The number of aliphatic hydroxyl groups excluding tert-OH is 1. The molecule has 1 heterocycles. The number of allylic oxidation sites excluding steroid dienone is 1. The number of hydrogen-bond donors (Lipinski definition) is 1. The third-order valence-corrected chi connectivity index (χ3v) is 5.50. The number of para-hydroxylation sites is 1. The van der Waals surface area contributed by atoms with Crippen molar-refractivity contribution in [2.75, 3.05) is 19.3 Å². The van der Waals surface area contributed by atoms with Gasteiger partial charge in [-0.25, -0.2) is 8.70 Å². The Kier molecular flexibility index (Phi) is 6.78. The Labute approximate surface area is 169 Å². The molecule has 0 aliphatic carbocycles. The van der Waals surface area contributed by atoms with Gasteiger partial charge in [-0.2, -0.15) is 0 Å². The van der Waals surface area contributed by atoms with Gasteiger partial charge < -0.3 is 14.4 Å². The van der Waals surface area contributed by atoms with Crippen molar-refractivity contribution in [2.24, 2.45) is 0 Å². The first kappa shape index (κ1) is 20.5. The predicted molar refractivity (Wildman–Crippen MR) is 116 cm³/mol. The first-order valence-corrected chi connectivity index (χ1v) is 10.3. The van der Waals surface area contributed by atoms with Crippen molar-refractivity contribution in [3.05, 3.63) is 73.0 Å². The summed E-state index contributed by atoms with van der Waals surface area (Å²) in [5, 5.41) is 12.2. The quantitative estimate of drug-likeness (QED) is 0.408. The van der Waals surface area contributed by atoms with E-state index in [0.717, 1.165) is 22.2 Å². The zero-order valence-corrected chi connectivity index (χ0v) is 17.0. The van der Waals surface area contributed by atoms with Crippen LogP contribution in [0.15, 0.2) is 67.1 Å². The lowest BCUT2D eigenvalue weighted by Crippen LogP contribution is -2.31. The van der Waals surface area contributed by atoms with E-state index in [4.69, 9.17) is 4.74 Å². The first-order chi connectivity index (χ1) is 13.6. The molecule has 0 spiro atoms. The van der Waals surface area contributed by atoms with Crippen molar-refractivity contribution in [1.29, 1.82) is 0 Å². The van der Waals surface area contributed by atoms with E-state index in [1.165, 1.54) is 24.3 Å². The van der Waals surface area contributed by atoms with Gasteiger partial charge in [-0.1, -0.05) is 42.8 Å². The summed E-state index contributed by atoms with van der Waals surface area (Å²) in [4.78, 5) is 0. The number of ether oxygens (including phenoxy) is 1. The molecule has 0 bridgehead atoms. The monoisotopic (exact) mass is 400 g/mol. The number of hydrogen-bond acceptors (Lipinski definition) is 4. The minimum atomic E-state index is -0.628. The van der Waals surface area contributed by atoms with Crippen LogP contribution in [0.25, 0.3) is 21.8 Å². The first-order valence-electron chi connectivity index (χ1n) is 9.14. The normalized spacial score (nSPS) is 13.4. The number of benzene rings is 2. The third kappa shape index (κ3) is 4.24. The fraction of sp³-hybridized carbons (Fsp3) is 0.273. The Balaban J connectivity index is 1.85. The van der Waals surface area contributed by atoms with Crippen LogP contribution in [-0.4, -0.2) is 39.4 Å². The van der Waals surface area contributed by atoms with Crippen LogP contribution < -0.4 is 0 Å². The summed E-state index contributed by atoms with van der Waals surface area (Å²) in [5.41, 5.74) is 1.71. The standard InChI is InChI=1S/C22H25FN2O2S/c1-4-17(27-5-2)15-24(28-3)13-16(26)14-25-20-11-7-6-9-18(20)22-19(23)10-8-12-21(22)25/h4-12,16,26H,2,13-15H2,1,3H3/b17-4-. The minimum absolute atomic E-state index is 0.244. The Hall–Kier alpha value is -2.28. The van der Waals surface area contributed by atoms with Crippen molar-refractivity contribution in [3.63, 3.8) is 0 Å². The van der Waals surface area contributed by atoms with Gasteiger partial charge in [0.05, 0.1) is 31.0 Å². The summed E-state index contributed by atoms with van der Waals surface area (Å²) in [5.74, 6) is 0.530. The van der Waals surface area contributed by atoms with Crippen molar-refractivity contribution >= 4 is 33.8 Å². The molecule has 1 aromatic heterocycles. The van der Waals surface area contributed by atoms with E-state index in [9.17, 15) is 9.50 Å². The fourth-order valence-corrected chi connectivity index (χ4v) is 4.01. The number of rotatable bonds is 9. The molecule has 148 valence electrons. The van der Waals surface area contributed by atoms with Crippen LogP contribution in [0.3, 0.4) is 0 Å². The molecule has 2 aromatic carbocycles. The smallest absolute Gasteiger partial charge is 0.133 e. The number of aromatic nitrogens is 1. The van der Waals surface area contributed by atoms with Gasteiger partial charge in [0.2, 0.25) is 0 Å². The highest BCUT2D eigenvalue weighted by Gasteiger charge is 2.18. The van der Waals surface area contributed by atoms with Gasteiger partial charge in [0.1, 0.15) is 11.6 Å². The van der Waals surface area contributed by atoms with E-state index in [1.807, 2.05) is 58.5 Å². The molecule has 0 radical (unpaired) electrons. The molecule has 0 amide bonds. The van der Waals surface area contributed by atoms with Gasteiger partial charge >= 0.3 is 0 Å². The molecule has 4 nitrogen and oxygen atoms in total. The van der Waals surface area contributed by atoms with Crippen molar-refractivity contribution in [2.45, 2.75) is 19.6 Å². The fourth-order valence-electron chi connectivity index (χ4n) is 3.44. The molecule has 0 aliphatic heterocycles. The van der Waals surface area contributed by atoms with Crippen LogP contribution >= 0.6 is 11.9 Å². The van der Waals surface area contributed by atoms with Gasteiger partial charge in [0.15, 0.2) is 0 Å². The Morgan fingerprint density at radius 1 is 1.29 bits per heavy atom. The number of aliphatic hydroxyl groups is 1. The van der Waals surface area contributed by atoms with Crippen molar-refractivity contribution in [3.8, 4) is 0 Å². The molecule has 0 saturated heterocycles. The summed E-state index contributed by atoms with van der Waals surface area (Å²) in [6, 6.07) is 12.8. The lowest BCUT2D eigenvalue weighted by molar-refractivity contribution is 0.132. The third-order valence-electron chi connectivity index (χ3n) is 4.70. The molecule has 1 unspecified atom stereocenters. The van der Waals surface area contributed by atoms with Gasteiger partial charge in [0, 0.05) is 22.8 Å². The maximum atomic E-state index is 14.5. The molecule has 6 heteroatoms. The molecule has 1 atom stereocenters. The molecule has 3 aromatic rings. The minimum Gasteiger partial charge on any atom is -0.469 e. The zero-order valence-electron chi connectivity index (χ0n) is 16.1. The maximum Gasteiger partial charge on any atom is 0.133 e. The Morgan fingerprint density at radius 3 is 2.75 bits per heavy atom. The molecule has 0 saturated carbocycles. The molecule has 1 N–H and O–H groups in total. The van der Waals surface area contributed by atoms with E-state index >= 15 is 0 Å². The van der Waals surface area contributed by atoms with E-state index in [-0.39, 0.29) is 5.82 Å². The van der Waals surface area contributed by atoms with Crippen LogP contribution in [0.5, 0.6) is 0 Å². The molecule has 28 heavy (non-hydrogen) atoms. The summed E-state index contributed by atoms with van der Waals surface area (Å²) in [6.07, 6.45) is 4.62. The van der Waals surface area contributed by atoms with E-state index in [0.29, 0.717) is 25.0 Å². The second-order valence-corrected chi connectivity index (χ2v) is 7.34. The van der Waals surface area contributed by atoms with Crippen LogP contribution in [0.1, 0.15) is 6.92 Å². The summed E-state index contributed by atoms with van der Waals surface area (Å²) < 4.78 is 23.9. The van der Waals surface area contributed by atoms with Crippen molar-refractivity contribution in [1.82, 2.24) is 8.87 Å². The molecule has 0 aliphatic rings. The van der Waals surface area contributed by atoms with Gasteiger partial charge in [-0.05, 0) is 37.5 Å².